The van der Waals surface area contributed by atoms with Crippen molar-refractivity contribution in [2.45, 2.75) is 83.3 Å². The molecule has 1 aromatic rings. The zero-order valence-electron chi connectivity index (χ0n) is 18.7. The monoisotopic (exact) mass is 443 g/mol. The van der Waals surface area contributed by atoms with Crippen molar-refractivity contribution in [1.82, 2.24) is 15.2 Å². The van der Waals surface area contributed by atoms with Gasteiger partial charge in [-0.2, -0.15) is 0 Å². The summed E-state index contributed by atoms with van der Waals surface area (Å²) in [5.74, 6) is 0. The zero-order chi connectivity index (χ0) is 23.7. The summed E-state index contributed by atoms with van der Waals surface area (Å²) in [5, 5.41) is 13.2. The van der Waals surface area contributed by atoms with E-state index in [9.17, 15) is 23.5 Å². The third-order valence-corrected chi connectivity index (χ3v) is 4.61. The van der Waals surface area contributed by atoms with Crippen molar-refractivity contribution in [2.75, 3.05) is 6.54 Å². The number of likely N-dealkylation sites (tertiary alicyclic amines) is 1. The van der Waals surface area contributed by atoms with Gasteiger partial charge >= 0.3 is 12.2 Å². The predicted molar refractivity (Wildman–Crippen MR) is 108 cm³/mol. The van der Waals surface area contributed by atoms with Gasteiger partial charge in [-0.05, 0) is 60.1 Å². The van der Waals surface area contributed by atoms with Crippen LogP contribution in [-0.4, -0.2) is 57.0 Å². The molecule has 174 valence electrons. The smallest absolute Gasteiger partial charge is 0.412 e. The first kappa shape index (κ1) is 24.8. The number of nitrogens with zero attached hydrogens (tertiary/aromatic N) is 2. The van der Waals surface area contributed by atoms with Gasteiger partial charge in [0.15, 0.2) is 5.66 Å². The summed E-state index contributed by atoms with van der Waals surface area (Å²) in [4.78, 5) is 31.1. The number of amides is 2. The summed E-state index contributed by atoms with van der Waals surface area (Å²) >= 11 is 0. The number of alkyl halides is 2. The highest BCUT2D eigenvalue weighted by atomic mass is 19.3. The van der Waals surface area contributed by atoms with E-state index >= 15 is 0 Å². The number of piperidine rings is 1. The fourth-order valence-electron chi connectivity index (χ4n) is 3.36. The van der Waals surface area contributed by atoms with E-state index in [1.54, 1.807) is 53.7 Å². The number of halogens is 2. The molecule has 1 aliphatic rings. The van der Waals surface area contributed by atoms with Crippen LogP contribution in [0.3, 0.4) is 0 Å². The summed E-state index contributed by atoms with van der Waals surface area (Å²) in [5.41, 5.74) is -6.07. The van der Waals surface area contributed by atoms with Gasteiger partial charge in [-0.15, -0.1) is 0 Å². The minimum atomic E-state index is -3.11. The molecule has 0 spiro atoms. The molecule has 2 heterocycles. The van der Waals surface area contributed by atoms with Crippen LogP contribution in [0.1, 0.15) is 60.1 Å². The van der Waals surface area contributed by atoms with Gasteiger partial charge < -0.3 is 14.6 Å². The maximum atomic E-state index is 13.8. The Morgan fingerprint density at radius 2 is 1.77 bits per heavy atom. The number of pyridine rings is 1. The van der Waals surface area contributed by atoms with Crippen molar-refractivity contribution >= 4 is 12.2 Å². The molecule has 2 rings (SSSR count). The van der Waals surface area contributed by atoms with Gasteiger partial charge in [-0.1, -0.05) is 6.07 Å². The molecule has 2 atom stereocenters. The molecule has 0 aromatic carbocycles. The van der Waals surface area contributed by atoms with Crippen LogP contribution in [0.25, 0.3) is 0 Å². The largest absolute Gasteiger partial charge is 0.444 e. The predicted octanol–water partition coefficient (Wildman–Crippen LogP) is 3.79. The summed E-state index contributed by atoms with van der Waals surface area (Å²) in [7, 11) is 0. The first-order chi connectivity index (χ1) is 14.1. The molecule has 0 aliphatic carbocycles. The van der Waals surface area contributed by atoms with Gasteiger partial charge in [0.25, 0.3) is 6.43 Å². The van der Waals surface area contributed by atoms with Crippen LogP contribution in [0.2, 0.25) is 0 Å². The summed E-state index contributed by atoms with van der Waals surface area (Å²) < 4.78 is 38.4. The van der Waals surface area contributed by atoms with Gasteiger partial charge in [-0.25, -0.2) is 18.4 Å². The van der Waals surface area contributed by atoms with E-state index in [-0.39, 0.29) is 12.2 Å². The second-order valence-electron chi connectivity index (χ2n) is 9.67. The van der Waals surface area contributed by atoms with Crippen LogP contribution in [0.5, 0.6) is 0 Å². The molecule has 2 unspecified atom stereocenters. The van der Waals surface area contributed by atoms with Crippen molar-refractivity contribution in [1.29, 1.82) is 0 Å². The van der Waals surface area contributed by atoms with Crippen LogP contribution in [0.15, 0.2) is 24.4 Å². The molecule has 2 amide bonds. The van der Waals surface area contributed by atoms with Crippen LogP contribution in [0.4, 0.5) is 18.4 Å². The number of rotatable bonds is 3. The SMILES string of the molecule is CC(C)(C)OC(=O)NC1(c2ccccn2)CC(O)(C(F)F)CCN1C(=O)OC(C)(C)C. The van der Waals surface area contributed by atoms with Crippen LogP contribution < -0.4 is 5.32 Å². The molecule has 0 bridgehead atoms. The van der Waals surface area contributed by atoms with Crippen molar-refractivity contribution in [2.24, 2.45) is 0 Å². The minimum absolute atomic E-state index is 0.0884. The standard InChI is InChI=1S/C21H31F2N3O5/c1-18(2,3)30-16(27)25-21(14-9-7-8-11-24-14)13-20(29,15(22)23)10-12-26(21)17(28)31-19(4,5)6/h7-9,11,15,29H,10,12-13H2,1-6H3,(H,25,27). The van der Waals surface area contributed by atoms with E-state index in [0.29, 0.717) is 0 Å². The maximum Gasteiger partial charge on any atom is 0.412 e. The Hall–Kier alpha value is -2.49. The average Bonchev–Trinajstić information content (AvgIpc) is 2.59. The van der Waals surface area contributed by atoms with Crippen molar-refractivity contribution in [3.8, 4) is 0 Å². The lowest BCUT2D eigenvalue weighted by Gasteiger charge is -2.51. The van der Waals surface area contributed by atoms with Gasteiger partial charge in [0.05, 0.1) is 5.69 Å². The number of aromatic nitrogens is 1. The van der Waals surface area contributed by atoms with E-state index in [1.165, 1.54) is 12.3 Å². The first-order valence-corrected chi connectivity index (χ1v) is 10.0. The molecule has 10 heteroatoms. The summed E-state index contributed by atoms with van der Waals surface area (Å²) in [6.45, 7) is 9.60. The maximum absolute atomic E-state index is 13.8. The fraction of sp³-hybridized carbons (Fsp3) is 0.667. The molecule has 0 saturated carbocycles. The number of hydrogen-bond acceptors (Lipinski definition) is 6. The highest BCUT2D eigenvalue weighted by Crippen LogP contribution is 2.43. The quantitative estimate of drug-likeness (QED) is 0.737. The van der Waals surface area contributed by atoms with Crippen LogP contribution in [-0.2, 0) is 15.1 Å². The van der Waals surface area contributed by atoms with E-state index in [1.807, 2.05) is 0 Å². The molecular formula is C21H31F2N3O5. The van der Waals surface area contributed by atoms with Crippen molar-refractivity contribution in [3.63, 3.8) is 0 Å². The van der Waals surface area contributed by atoms with Crippen LogP contribution in [0, 0.1) is 0 Å². The lowest BCUT2D eigenvalue weighted by Crippen LogP contribution is -2.68. The van der Waals surface area contributed by atoms with E-state index < -0.39 is 53.9 Å². The number of carbonyl (C=O) groups excluding carboxylic acids is 2. The van der Waals surface area contributed by atoms with Crippen LogP contribution >= 0.6 is 0 Å². The normalized spacial score (nSPS) is 24.6. The molecule has 8 nitrogen and oxygen atoms in total. The van der Waals surface area contributed by atoms with Gasteiger partial charge in [0, 0.05) is 19.2 Å². The lowest BCUT2D eigenvalue weighted by molar-refractivity contribution is -0.166. The highest BCUT2D eigenvalue weighted by molar-refractivity contribution is 5.73. The zero-order valence-corrected chi connectivity index (χ0v) is 18.7. The Morgan fingerprint density at radius 3 is 2.26 bits per heavy atom. The average molecular weight is 443 g/mol. The molecular weight excluding hydrogens is 412 g/mol. The lowest BCUT2D eigenvalue weighted by atomic mass is 9.80. The number of ether oxygens (including phenoxy) is 2. The number of aliphatic hydroxyl groups is 1. The Bertz CT molecular complexity index is 794. The molecule has 1 aromatic heterocycles. The molecule has 0 radical (unpaired) electrons. The highest BCUT2D eigenvalue weighted by Gasteiger charge is 2.57. The number of carbonyl (C=O) groups is 2. The minimum Gasteiger partial charge on any atom is -0.444 e. The third kappa shape index (κ3) is 6.03. The second kappa shape index (κ2) is 8.57. The fourth-order valence-corrected chi connectivity index (χ4v) is 3.36. The Labute approximate surface area is 180 Å². The van der Waals surface area contributed by atoms with Gasteiger partial charge in [0.2, 0.25) is 0 Å². The number of alkyl carbamates (subject to hydrolysis) is 1. The number of nitrogens with one attached hydrogen (secondary N) is 1. The third-order valence-electron chi connectivity index (χ3n) is 4.61. The topological polar surface area (TPSA) is 101 Å². The molecule has 1 saturated heterocycles. The van der Waals surface area contributed by atoms with E-state index in [2.05, 4.69) is 10.3 Å². The van der Waals surface area contributed by atoms with E-state index in [4.69, 9.17) is 9.47 Å². The summed E-state index contributed by atoms with van der Waals surface area (Å²) in [6, 6.07) is 4.67. The molecule has 1 fully saturated rings. The van der Waals surface area contributed by atoms with Gasteiger partial charge in [0.1, 0.15) is 16.8 Å². The number of hydrogen-bond donors (Lipinski definition) is 2. The Morgan fingerprint density at radius 1 is 1.16 bits per heavy atom. The molecule has 31 heavy (non-hydrogen) atoms. The Kier molecular flexibility index (Phi) is 6.85. The Balaban J connectivity index is 2.61. The molecule has 2 N–H and O–H groups in total. The summed E-state index contributed by atoms with van der Waals surface area (Å²) in [6.07, 6.45) is -4.62. The van der Waals surface area contributed by atoms with E-state index in [0.717, 1.165) is 4.90 Å². The molecule has 1 aliphatic heterocycles. The first-order valence-electron chi connectivity index (χ1n) is 10.0. The van der Waals surface area contributed by atoms with Crippen molar-refractivity contribution < 1.29 is 33.0 Å². The van der Waals surface area contributed by atoms with Crippen molar-refractivity contribution in [3.05, 3.63) is 30.1 Å². The second-order valence-corrected chi connectivity index (χ2v) is 9.67. The van der Waals surface area contributed by atoms with Gasteiger partial charge in [-0.3, -0.25) is 15.2 Å².